The van der Waals surface area contributed by atoms with Gasteiger partial charge in [-0.2, -0.15) is 0 Å². The van der Waals surface area contributed by atoms with Gasteiger partial charge in [0.25, 0.3) is 0 Å². The maximum absolute atomic E-state index is 14.5. The zero-order valence-electron chi connectivity index (χ0n) is 15.4. The molecule has 0 saturated carbocycles. The summed E-state index contributed by atoms with van der Waals surface area (Å²) < 4.78 is 97.9. The number of benzene rings is 2. The van der Waals surface area contributed by atoms with Gasteiger partial charge in [0.05, 0.1) is 0 Å². The Bertz CT molecular complexity index is 937. The third-order valence-corrected chi connectivity index (χ3v) is 4.75. The average Bonchev–Trinajstić information content (AvgIpc) is 2.62. The predicted octanol–water partition coefficient (Wildman–Crippen LogP) is 6.97. The van der Waals surface area contributed by atoms with E-state index < -0.39 is 35.4 Å². The van der Waals surface area contributed by atoms with Crippen LogP contribution in [-0.4, -0.2) is 6.36 Å². The van der Waals surface area contributed by atoms with E-state index in [1.54, 1.807) is 0 Å². The molecule has 0 heterocycles. The largest absolute Gasteiger partial charge is 0.573 e. The molecule has 1 nitrogen and oxygen atoms in total. The number of unbranched alkanes of at least 4 members (excludes halogenated alkanes) is 1. The summed E-state index contributed by atoms with van der Waals surface area (Å²) in [5, 5.41) is 0. The summed E-state index contributed by atoms with van der Waals surface area (Å²) in [6, 6.07) is 3.13. The fourth-order valence-corrected chi connectivity index (χ4v) is 3.42. The van der Waals surface area contributed by atoms with Crippen molar-refractivity contribution >= 4 is 11.6 Å². The summed E-state index contributed by atoms with van der Waals surface area (Å²) in [5.74, 6) is -6.13. The van der Waals surface area contributed by atoms with Gasteiger partial charge in [0.1, 0.15) is 11.6 Å². The minimum atomic E-state index is -5.25. The Morgan fingerprint density at radius 2 is 1.59 bits per heavy atom. The lowest BCUT2D eigenvalue weighted by atomic mass is 9.87. The predicted molar refractivity (Wildman–Crippen MR) is 94.2 cm³/mol. The number of alkyl halides is 3. The molecule has 0 bridgehead atoms. The molecule has 0 radical (unpaired) electrons. The van der Waals surface area contributed by atoms with E-state index in [1.807, 2.05) is 6.92 Å². The lowest BCUT2D eigenvalue weighted by Gasteiger charge is -2.21. The zero-order chi connectivity index (χ0) is 21.3. The Hall–Kier alpha value is -2.51. The van der Waals surface area contributed by atoms with Crippen molar-refractivity contribution in [3.8, 4) is 5.75 Å². The lowest BCUT2D eigenvalue weighted by Crippen LogP contribution is -2.20. The Labute approximate surface area is 162 Å². The molecule has 3 rings (SSSR count). The number of rotatable bonds is 5. The third-order valence-electron chi connectivity index (χ3n) is 4.75. The first-order valence-corrected chi connectivity index (χ1v) is 9.06. The molecule has 1 aliphatic rings. The Kier molecular flexibility index (Phi) is 5.91. The highest BCUT2D eigenvalue weighted by atomic mass is 19.4. The molecule has 2 aromatic carbocycles. The van der Waals surface area contributed by atoms with Crippen molar-refractivity contribution in [1.29, 1.82) is 0 Å². The van der Waals surface area contributed by atoms with Crippen LogP contribution in [0.1, 0.15) is 48.4 Å². The highest BCUT2D eigenvalue weighted by Gasteiger charge is 2.35. The van der Waals surface area contributed by atoms with Crippen LogP contribution in [0.4, 0.5) is 30.7 Å². The molecule has 156 valence electrons. The van der Waals surface area contributed by atoms with Crippen molar-refractivity contribution in [1.82, 2.24) is 0 Å². The molecule has 0 fully saturated rings. The molecule has 0 aromatic heterocycles. The number of allylic oxidation sites excluding steroid dienone is 1. The van der Waals surface area contributed by atoms with Gasteiger partial charge in [-0.25, -0.2) is 17.6 Å². The summed E-state index contributed by atoms with van der Waals surface area (Å²) in [6.07, 6.45) is -2.09. The van der Waals surface area contributed by atoms with Crippen LogP contribution in [0, 0.1) is 23.3 Å². The van der Waals surface area contributed by atoms with Crippen LogP contribution in [0.15, 0.2) is 18.2 Å². The smallest absolute Gasteiger partial charge is 0.399 e. The number of halogens is 7. The molecule has 0 atom stereocenters. The van der Waals surface area contributed by atoms with Gasteiger partial charge >= 0.3 is 6.36 Å². The number of fused-ring (bicyclic) bond motifs is 1. The first-order valence-electron chi connectivity index (χ1n) is 9.06. The molecule has 0 spiro atoms. The quantitative estimate of drug-likeness (QED) is 0.477. The number of ether oxygens (including phenoxy) is 1. The summed E-state index contributed by atoms with van der Waals surface area (Å²) in [7, 11) is 0. The standard InChI is InChI=1S/C21H17F7O/c1-2-3-4-11-7-15(22)18(16(23)8-11)12-5-6-14-13(9-12)10-17(24)20(19(14)25)29-21(26,27)28/h7-10H,2-6H2,1H3. The van der Waals surface area contributed by atoms with Gasteiger partial charge in [-0.05, 0) is 66.1 Å². The molecule has 0 aliphatic heterocycles. The Morgan fingerprint density at radius 1 is 0.931 bits per heavy atom. The number of hydrogen-bond donors (Lipinski definition) is 0. The van der Waals surface area contributed by atoms with E-state index in [1.165, 1.54) is 18.2 Å². The summed E-state index contributed by atoms with van der Waals surface area (Å²) >= 11 is 0. The van der Waals surface area contributed by atoms with E-state index >= 15 is 0 Å². The Balaban J connectivity index is 2.01. The minimum absolute atomic E-state index is 0.0246. The molecule has 0 N–H and O–H groups in total. The second-order valence-electron chi connectivity index (χ2n) is 6.82. The van der Waals surface area contributed by atoms with Crippen molar-refractivity contribution < 1.29 is 35.5 Å². The van der Waals surface area contributed by atoms with E-state index in [4.69, 9.17) is 0 Å². The summed E-state index contributed by atoms with van der Waals surface area (Å²) in [4.78, 5) is 0. The Morgan fingerprint density at radius 3 is 2.17 bits per heavy atom. The number of aryl methyl sites for hydroxylation is 1. The van der Waals surface area contributed by atoms with E-state index in [9.17, 15) is 30.7 Å². The van der Waals surface area contributed by atoms with Crippen molar-refractivity contribution in [2.75, 3.05) is 0 Å². The monoisotopic (exact) mass is 418 g/mol. The van der Waals surface area contributed by atoms with Crippen LogP contribution in [-0.2, 0) is 12.8 Å². The van der Waals surface area contributed by atoms with Crippen molar-refractivity contribution in [3.63, 3.8) is 0 Å². The van der Waals surface area contributed by atoms with Crippen LogP contribution in [0.3, 0.4) is 0 Å². The maximum atomic E-state index is 14.5. The lowest BCUT2D eigenvalue weighted by molar-refractivity contribution is -0.276. The van der Waals surface area contributed by atoms with Crippen LogP contribution < -0.4 is 4.74 Å². The zero-order valence-corrected chi connectivity index (χ0v) is 15.4. The number of hydrogen-bond acceptors (Lipinski definition) is 1. The first-order chi connectivity index (χ1) is 13.6. The molecule has 8 heteroatoms. The van der Waals surface area contributed by atoms with Gasteiger partial charge in [0, 0.05) is 5.56 Å². The molecule has 2 aromatic rings. The topological polar surface area (TPSA) is 9.23 Å². The highest BCUT2D eigenvalue weighted by molar-refractivity contribution is 5.85. The molecule has 0 amide bonds. The third kappa shape index (κ3) is 4.57. The molecular formula is C21H17F7O. The normalized spacial score (nSPS) is 13.9. The van der Waals surface area contributed by atoms with Gasteiger partial charge in [-0.3, -0.25) is 0 Å². The van der Waals surface area contributed by atoms with E-state index in [0.29, 0.717) is 18.1 Å². The van der Waals surface area contributed by atoms with Crippen LogP contribution in [0.25, 0.3) is 11.6 Å². The molecule has 0 unspecified atom stereocenters. The summed E-state index contributed by atoms with van der Waals surface area (Å²) in [6.45, 7) is 1.95. The van der Waals surface area contributed by atoms with E-state index in [0.717, 1.165) is 12.8 Å². The van der Waals surface area contributed by atoms with Crippen molar-refractivity contribution in [2.24, 2.45) is 0 Å². The average molecular weight is 418 g/mol. The van der Waals surface area contributed by atoms with Crippen molar-refractivity contribution in [3.05, 3.63) is 63.7 Å². The van der Waals surface area contributed by atoms with Crippen LogP contribution in [0.5, 0.6) is 5.75 Å². The van der Waals surface area contributed by atoms with Gasteiger partial charge < -0.3 is 4.74 Å². The molecular weight excluding hydrogens is 401 g/mol. The first kappa shape index (κ1) is 21.2. The molecule has 0 saturated heterocycles. The van der Waals surface area contributed by atoms with E-state index in [2.05, 4.69) is 4.74 Å². The second kappa shape index (κ2) is 8.08. The fraction of sp³-hybridized carbons (Fsp3) is 0.333. The van der Waals surface area contributed by atoms with Crippen molar-refractivity contribution in [2.45, 2.75) is 45.4 Å². The van der Waals surface area contributed by atoms with Crippen LogP contribution >= 0.6 is 0 Å². The van der Waals surface area contributed by atoms with Gasteiger partial charge in [-0.1, -0.05) is 19.4 Å². The molecule has 1 aliphatic carbocycles. The molecule has 29 heavy (non-hydrogen) atoms. The minimum Gasteiger partial charge on any atom is -0.399 e. The van der Waals surface area contributed by atoms with Gasteiger partial charge in [-0.15, -0.1) is 13.2 Å². The highest BCUT2D eigenvalue weighted by Crippen LogP contribution is 2.39. The fourth-order valence-electron chi connectivity index (χ4n) is 3.42. The van der Waals surface area contributed by atoms with Gasteiger partial charge in [0.15, 0.2) is 11.6 Å². The maximum Gasteiger partial charge on any atom is 0.573 e. The SMILES string of the molecule is CCCCc1cc(F)c(C2=Cc3cc(F)c(OC(F)(F)F)c(F)c3CC2)c(F)c1. The van der Waals surface area contributed by atoms with E-state index in [-0.39, 0.29) is 35.1 Å². The van der Waals surface area contributed by atoms with Crippen LogP contribution in [0.2, 0.25) is 0 Å². The van der Waals surface area contributed by atoms with Gasteiger partial charge in [0.2, 0.25) is 5.75 Å². The second-order valence-corrected chi connectivity index (χ2v) is 6.82. The summed E-state index contributed by atoms with van der Waals surface area (Å²) in [5.41, 5.74) is 0.109.